The van der Waals surface area contributed by atoms with E-state index in [9.17, 15) is 14.4 Å². The monoisotopic (exact) mass is 431 g/mol. The molecule has 2 aromatic carbocycles. The zero-order valence-electron chi connectivity index (χ0n) is 14.7. The lowest BCUT2D eigenvalue weighted by molar-refractivity contribution is -0.117. The summed E-state index contributed by atoms with van der Waals surface area (Å²) in [6.07, 6.45) is 1.40. The molecular formula is C20H18BrNO5. The van der Waals surface area contributed by atoms with Crippen molar-refractivity contribution in [2.45, 2.75) is 12.8 Å². The molecule has 0 saturated carbocycles. The molecule has 1 saturated heterocycles. The molecule has 1 heterocycles. The summed E-state index contributed by atoms with van der Waals surface area (Å²) in [6.45, 7) is 0.339. The molecule has 0 N–H and O–H groups in total. The Bertz CT molecular complexity index is 878. The first-order valence-electron chi connectivity index (χ1n) is 8.44. The van der Waals surface area contributed by atoms with E-state index >= 15 is 0 Å². The van der Waals surface area contributed by atoms with Gasteiger partial charge in [0.15, 0.2) is 12.4 Å². The number of halogens is 1. The molecule has 1 aliphatic rings. The van der Waals surface area contributed by atoms with Gasteiger partial charge in [-0.05, 0) is 64.8 Å². The van der Waals surface area contributed by atoms with E-state index in [1.807, 2.05) is 0 Å². The molecule has 3 rings (SSSR count). The van der Waals surface area contributed by atoms with E-state index in [0.29, 0.717) is 34.3 Å². The second-order valence-electron chi connectivity index (χ2n) is 6.04. The number of anilines is 1. The van der Waals surface area contributed by atoms with Crippen molar-refractivity contribution in [2.75, 3.05) is 25.2 Å². The molecule has 1 amide bonds. The third-order valence-corrected chi connectivity index (χ3v) is 4.92. The van der Waals surface area contributed by atoms with Crippen molar-refractivity contribution in [1.82, 2.24) is 0 Å². The van der Waals surface area contributed by atoms with Crippen LogP contribution in [0.4, 0.5) is 5.69 Å². The summed E-state index contributed by atoms with van der Waals surface area (Å²) in [7, 11) is 1.53. The minimum atomic E-state index is -0.592. The number of Topliss-reactive ketones (excluding diaryl/α,β-unsaturated/α-hetero) is 1. The molecule has 0 spiro atoms. The molecule has 0 radical (unpaired) electrons. The van der Waals surface area contributed by atoms with Gasteiger partial charge in [-0.25, -0.2) is 4.79 Å². The molecule has 6 nitrogen and oxygen atoms in total. The number of carbonyl (C=O) groups is 3. The number of hydrogen-bond donors (Lipinski definition) is 0. The average Bonchev–Trinajstić information content (AvgIpc) is 3.11. The number of ether oxygens (including phenoxy) is 2. The normalized spacial score (nSPS) is 13.6. The number of hydrogen-bond acceptors (Lipinski definition) is 5. The van der Waals surface area contributed by atoms with Crippen LogP contribution in [0.2, 0.25) is 0 Å². The highest BCUT2D eigenvalue weighted by molar-refractivity contribution is 9.10. The molecule has 140 valence electrons. The first-order valence-corrected chi connectivity index (χ1v) is 9.23. The molecular weight excluding hydrogens is 414 g/mol. The molecule has 7 heteroatoms. The predicted octanol–water partition coefficient (Wildman–Crippen LogP) is 3.62. The van der Waals surface area contributed by atoms with Gasteiger partial charge in [-0.2, -0.15) is 0 Å². The fraction of sp³-hybridized carbons (Fsp3) is 0.250. The number of ketones is 1. The van der Waals surface area contributed by atoms with Crippen molar-refractivity contribution < 1.29 is 23.9 Å². The molecule has 0 atom stereocenters. The first kappa shape index (κ1) is 19.1. The highest BCUT2D eigenvalue weighted by atomic mass is 79.9. The quantitative estimate of drug-likeness (QED) is 0.515. The van der Waals surface area contributed by atoms with E-state index in [4.69, 9.17) is 9.47 Å². The Morgan fingerprint density at radius 2 is 1.81 bits per heavy atom. The van der Waals surface area contributed by atoms with Crippen LogP contribution in [0.15, 0.2) is 46.9 Å². The van der Waals surface area contributed by atoms with Gasteiger partial charge in [-0.3, -0.25) is 9.59 Å². The summed E-state index contributed by atoms with van der Waals surface area (Å²) in [5, 5.41) is 0. The summed E-state index contributed by atoms with van der Waals surface area (Å²) in [6, 6.07) is 11.5. The van der Waals surface area contributed by atoms with Crippen LogP contribution in [0.1, 0.15) is 33.6 Å². The molecule has 0 unspecified atom stereocenters. The van der Waals surface area contributed by atoms with Crippen molar-refractivity contribution in [2.24, 2.45) is 0 Å². The SMILES string of the molecule is COc1ccc(C(=O)OCC(=O)c2ccc(N3CCCC3=O)cc2)cc1Br. The second kappa shape index (κ2) is 8.35. The lowest BCUT2D eigenvalue weighted by atomic mass is 10.1. The fourth-order valence-electron chi connectivity index (χ4n) is 2.84. The van der Waals surface area contributed by atoms with Crippen LogP contribution in [-0.4, -0.2) is 37.9 Å². The van der Waals surface area contributed by atoms with Gasteiger partial charge in [0, 0.05) is 24.2 Å². The average molecular weight is 432 g/mol. The largest absolute Gasteiger partial charge is 0.496 e. The lowest BCUT2D eigenvalue weighted by Gasteiger charge is -2.15. The number of carbonyl (C=O) groups excluding carboxylic acids is 3. The van der Waals surface area contributed by atoms with Crippen molar-refractivity contribution in [3.8, 4) is 5.75 Å². The second-order valence-corrected chi connectivity index (χ2v) is 6.90. The van der Waals surface area contributed by atoms with Gasteiger partial charge in [0.25, 0.3) is 0 Å². The molecule has 0 aliphatic carbocycles. The van der Waals surface area contributed by atoms with E-state index in [2.05, 4.69) is 15.9 Å². The highest BCUT2D eigenvalue weighted by Gasteiger charge is 2.22. The molecule has 2 aromatic rings. The maximum atomic E-state index is 12.3. The summed E-state index contributed by atoms with van der Waals surface area (Å²) >= 11 is 3.30. The number of benzene rings is 2. The van der Waals surface area contributed by atoms with Gasteiger partial charge in [-0.15, -0.1) is 0 Å². The molecule has 0 bridgehead atoms. The summed E-state index contributed by atoms with van der Waals surface area (Å²) < 4.78 is 10.8. The Morgan fingerprint density at radius 1 is 1.11 bits per heavy atom. The number of nitrogens with zero attached hydrogens (tertiary/aromatic N) is 1. The van der Waals surface area contributed by atoms with Crippen molar-refractivity contribution in [3.63, 3.8) is 0 Å². The van der Waals surface area contributed by atoms with E-state index in [1.165, 1.54) is 7.11 Å². The van der Waals surface area contributed by atoms with Crippen LogP contribution in [0.3, 0.4) is 0 Å². The van der Waals surface area contributed by atoms with Gasteiger partial charge in [0.2, 0.25) is 5.91 Å². The highest BCUT2D eigenvalue weighted by Crippen LogP contribution is 2.26. The molecule has 1 fully saturated rings. The number of rotatable bonds is 6. The molecule has 0 aromatic heterocycles. The summed E-state index contributed by atoms with van der Waals surface area (Å²) in [5.74, 6) is -0.214. The van der Waals surface area contributed by atoms with Crippen LogP contribution < -0.4 is 9.64 Å². The maximum Gasteiger partial charge on any atom is 0.338 e. The fourth-order valence-corrected chi connectivity index (χ4v) is 3.38. The number of methoxy groups -OCH3 is 1. The minimum absolute atomic E-state index is 0.0914. The Morgan fingerprint density at radius 3 is 2.41 bits per heavy atom. The van der Waals surface area contributed by atoms with Gasteiger partial charge in [0.05, 0.1) is 17.1 Å². The molecule has 27 heavy (non-hydrogen) atoms. The van der Waals surface area contributed by atoms with E-state index in [-0.39, 0.29) is 18.3 Å². The van der Waals surface area contributed by atoms with Crippen molar-refractivity contribution in [3.05, 3.63) is 58.1 Å². The summed E-state index contributed by atoms with van der Waals surface area (Å²) in [5.41, 5.74) is 1.52. The third-order valence-electron chi connectivity index (χ3n) is 4.30. The smallest absolute Gasteiger partial charge is 0.338 e. The number of esters is 1. The van der Waals surface area contributed by atoms with E-state index < -0.39 is 5.97 Å². The Labute approximate surface area is 165 Å². The Kier molecular flexibility index (Phi) is 5.91. The van der Waals surface area contributed by atoms with Crippen LogP contribution in [0.5, 0.6) is 5.75 Å². The summed E-state index contributed by atoms with van der Waals surface area (Å²) in [4.78, 5) is 37.8. The van der Waals surface area contributed by atoms with Crippen LogP contribution >= 0.6 is 15.9 Å². The van der Waals surface area contributed by atoms with E-state index in [1.54, 1.807) is 47.4 Å². The first-order chi connectivity index (χ1) is 13.0. The topological polar surface area (TPSA) is 72.9 Å². The maximum absolute atomic E-state index is 12.3. The number of amides is 1. The van der Waals surface area contributed by atoms with Gasteiger partial charge < -0.3 is 14.4 Å². The van der Waals surface area contributed by atoms with Crippen LogP contribution in [0.25, 0.3) is 0 Å². The van der Waals surface area contributed by atoms with Gasteiger partial charge >= 0.3 is 5.97 Å². The lowest BCUT2D eigenvalue weighted by Crippen LogP contribution is -2.23. The third kappa shape index (κ3) is 4.36. The zero-order valence-corrected chi connectivity index (χ0v) is 16.3. The zero-order chi connectivity index (χ0) is 19.4. The Hall–Kier alpha value is -2.67. The molecule has 1 aliphatic heterocycles. The standard InChI is InChI=1S/C20H18BrNO5/c1-26-18-9-6-14(11-16(18)21)20(25)27-12-17(23)13-4-7-15(8-5-13)22-10-2-3-19(22)24/h4-9,11H,2-3,10,12H2,1H3. The van der Waals surface area contributed by atoms with Gasteiger partial charge in [0.1, 0.15) is 5.75 Å². The van der Waals surface area contributed by atoms with Crippen molar-refractivity contribution in [1.29, 1.82) is 0 Å². The van der Waals surface area contributed by atoms with Crippen LogP contribution in [0, 0.1) is 0 Å². The Balaban J connectivity index is 1.59. The van der Waals surface area contributed by atoms with Crippen molar-refractivity contribution >= 4 is 39.3 Å². The van der Waals surface area contributed by atoms with E-state index in [0.717, 1.165) is 12.1 Å². The predicted molar refractivity (Wildman–Crippen MR) is 103 cm³/mol. The van der Waals surface area contributed by atoms with Gasteiger partial charge in [-0.1, -0.05) is 0 Å². The minimum Gasteiger partial charge on any atom is -0.496 e. The van der Waals surface area contributed by atoms with Crippen LogP contribution in [-0.2, 0) is 9.53 Å².